The van der Waals surface area contributed by atoms with Crippen LogP contribution in [0.3, 0.4) is 0 Å². The average Bonchev–Trinajstić information content (AvgIpc) is 2.91. The van der Waals surface area contributed by atoms with Crippen molar-refractivity contribution in [3.63, 3.8) is 0 Å². The molecule has 1 aliphatic heterocycles. The van der Waals surface area contributed by atoms with Gasteiger partial charge in [0.2, 0.25) is 0 Å². The van der Waals surface area contributed by atoms with Crippen LogP contribution in [-0.4, -0.2) is 53.1 Å². The van der Waals surface area contributed by atoms with Crippen LogP contribution in [0.25, 0.3) is 0 Å². The second kappa shape index (κ2) is 6.17. The van der Waals surface area contributed by atoms with Gasteiger partial charge in [0, 0.05) is 32.7 Å². The van der Waals surface area contributed by atoms with Crippen LogP contribution in [0.1, 0.15) is 12.5 Å². The van der Waals surface area contributed by atoms with Crippen LogP contribution in [0.4, 0.5) is 0 Å². The van der Waals surface area contributed by atoms with Gasteiger partial charge >= 0.3 is 0 Å². The maximum Gasteiger partial charge on any atom is 0.156 e. The Morgan fingerprint density at radius 1 is 1.50 bits per heavy atom. The van der Waals surface area contributed by atoms with E-state index in [4.69, 9.17) is 10.9 Å². The van der Waals surface area contributed by atoms with E-state index >= 15 is 0 Å². The normalized spacial score (nSPS) is 21.1. The molecule has 5 nitrogen and oxygen atoms in total. The number of nitrogens with zero attached hydrogens (tertiary/aromatic N) is 3. The van der Waals surface area contributed by atoms with Crippen LogP contribution in [0.2, 0.25) is 0 Å². The first-order valence-electron chi connectivity index (χ1n) is 6.15. The Hall–Kier alpha value is -1.11. The number of rotatable bonds is 4. The Morgan fingerprint density at radius 2 is 2.22 bits per heavy atom. The lowest BCUT2D eigenvalue weighted by molar-refractivity contribution is 0.116. The van der Waals surface area contributed by atoms with Crippen molar-refractivity contribution < 1.29 is 5.21 Å². The molecule has 0 aromatic carbocycles. The third kappa shape index (κ3) is 3.22. The zero-order valence-corrected chi connectivity index (χ0v) is 11.4. The summed E-state index contributed by atoms with van der Waals surface area (Å²) in [6, 6.07) is 2.19. The fraction of sp³-hybridized carbons (Fsp3) is 0.583. The second-order valence-electron chi connectivity index (χ2n) is 4.64. The van der Waals surface area contributed by atoms with Gasteiger partial charge in [0.1, 0.15) is 0 Å². The van der Waals surface area contributed by atoms with Gasteiger partial charge in [0.15, 0.2) is 5.84 Å². The lowest BCUT2D eigenvalue weighted by Crippen LogP contribution is -2.52. The van der Waals surface area contributed by atoms with Gasteiger partial charge in [-0.3, -0.25) is 9.80 Å². The predicted molar refractivity (Wildman–Crippen MR) is 74.0 cm³/mol. The van der Waals surface area contributed by atoms with Gasteiger partial charge < -0.3 is 10.9 Å². The molecule has 0 spiro atoms. The van der Waals surface area contributed by atoms with Crippen LogP contribution < -0.4 is 5.73 Å². The number of nitrogens with two attached hydrogens (primary N) is 1. The molecule has 0 saturated carbocycles. The average molecular weight is 268 g/mol. The number of piperazine rings is 1. The molecular formula is C12H20N4OS. The first kappa shape index (κ1) is 13.3. The molecule has 18 heavy (non-hydrogen) atoms. The fourth-order valence-electron chi connectivity index (χ4n) is 2.22. The monoisotopic (exact) mass is 268 g/mol. The van der Waals surface area contributed by atoms with E-state index in [1.165, 1.54) is 5.56 Å². The van der Waals surface area contributed by atoms with Crippen LogP contribution in [0, 0.1) is 0 Å². The molecule has 0 amide bonds. The molecule has 100 valence electrons. The standard InChI is InChI=1S/C12H20N4OS/c1-10(12(13)14-17)16-5-3-15(4-6-16)8-11-2-7-18-9-11/h2,7,9-10,17H,3-6,8H2,1H3,(H2,13,14). The smallest absolute Gasteiger partial charge is 0.156 e. The third-order valence-corrected chi connectivity index (χ3v) is 4.22. The molecule has 1 aliphatic rings. The Kier molecular flexibility index (Phi) is 4.57. The highest BCUT2D eigenvalue weighted by atomic mass is 32.1. The van der Waals surface area contributed by atoms with E-state index < -0.39 is 0 Å². The van der Waals surface area contributed by atoms with Crippen molar-refractivity contribution in [3.8, 4) is 0 Å². The topological polar surface area (TPSA) is 65.1 Å². The number of hydrogen-bond donors (Lipinski definition) is 2. The van der Waals surface area contributed by atoms with E-state index in [9.17, 15) is 0 Å². The first-order chi connectivity index (χ1) is 8.70. The molecule has 6 heteroatoms. The van der Waals surface area contributed by atoms with Crippen molar-refractivity contribution >= 4 is 17.2 Å². The largest absolute Gasteiger partial charge is 0.409 e. The molecule has 1 aromatic rings. The van der Waals surface area contributed by atoms with Crippen molar-refractivity contribution in [1.29, 1.82) is 0 Å². The lowest BCUT2D eigenvalue weighted by Gasteiger charge is -2.37. The number of hydrogen-bond acceptors (Lipinski definition) is 5. The second-order valence-corrected chi connectivity index (χ2v) is 5.42. The van der Waals surface area contributed by atoms with Crippen molar-refractivity contribution in [2.75, 3.05) is 26.2 Å². The highest BCUT2D eigenvalue weighted by molar-refractivity contribution is 7.07. The minimum Gasteiger partial charge on any atom is -0.409 e. The SMILES string of the molecule is CC(/C(N)=N/O)N1CCN(Cc2ccsc2)CC1. The Morgan fingerprint density at radius 3 is 2.78 bits per heavy atom. The summed E-state index contributed by atoms with van der Waals surface area (Å²) in [4.78, 5) is 4.69. The van der Waals surface area contributed by atoms with E-state index in [1.807, 2.05) is 6.92 Å². The minimum absolute atomic E-state index is 0.0123. The highest BCUT2D eigenvalue weighted by Crippen LogP contribution is 2.12. The molecule has 2 heterocycles. The molecule has 1 unspecified atom stereocenters. The maximum atomic E-state index is 8.69. The van der Waals surface area contributed by atoms with E-state index in [1.54, 1.807) is 11.3 Å². The summed E-state index contributed by atoms with van der Waals surface area (Å²) >= 11 is 1.74. The highest BCUT2D eigenvalue weighted by Gasteiger charge is 2.23. The Balaban J connectivity index is 1.81. The minimum atomic E-state index is 0.0123. The van der Waals surface area contributed by atoms with Gasteiger partial charge in [-0.2, -0.15) is 11.3 Å². The van der Waals surface area contributed by atoms with Gasteiger partial charge in [-0.05, 0) is 29.3 Å². The summed E-state index contributed by atoms with van der Waals surface area (Å²) in [5, 5.41) is 16.1. The first-order valence-corrected chi connectivity index (χ1v) is 7.10. The molecule has 1 aromatic heterocycles. The van der Waals surface area contributed by atoms with E-state index in [0.29, 0.717) is 5.84 Å². The molecule has 3 N–H and O–H groups in total. The van der Waals surface area contributed by atoms with Crippen LogP contribution in [0.5, 0.6) is 0 Å². The Labute approximate surface area is 111 Å². The van der Waals surface area contributed by atoms with Crippen molar-refractivity contribution in [2.24, 2.45) is 10.9 Å². The summed E-state index contributed by atoms with van der Waals surface area (Å²) in [5.74, 6) is 0.293. The molecule has 1 saturated heterocycles. The zero-order chi connectivity index (χ0) is 13.0. The zero-order valence-electron chi connectivity index (χ0n) is 10.6. The number of oxime groups is 1. The van der Waals surface area contributed by atoms with Gasteiger partial charge in [-0.1, -0.05) is 5.16 Å². The predicted octanol–water partition coefficient (Wildman–Crippen LogP) is 1.00. The lowest BCUT2D eigenvalue weighted by atomic mass is 10.2. The van der Waals surface area contributed by atoms with Crippen LogP contribution >= 0.6 is 11.3 Å². The van der Waals surface area contributed by atoms with Gasteiger partial charge in [-0.25, -0.2) is 0 Å². The molecule has 2 rings (SSSR count). The molecule has 0 bridgehead atoms. The summed E-state index contributed by atoms with van der Waals surface area (Å²) in [5.41, 5.74) is 7.02. The maximum absolute atomic E-state index is 8.69. The molecule has 1 atom stereocenters. The quantitative estimate of drug-likeness (QED) is 0.370. The van der Waals surface area contributed by atoms with Crippen LogP contribution in [-0.2, 0) is 6.54 Å². The molecule has 1 fully saturated rings. The molecule has 0 radical (unpaired) electrons. The van der Waals surface area contributed by atoms with Gasteiger partial charge in [0.25, 0.3) is 0 Å². The summed E-state index contributed by atoms with van der Waals surface area (Å²) in [7, 11) is 0. The fourth-order valence-corrected chi connectivity index (χ4v) is 2.88. The summed E-state index contributed by atoms with van der Waals surface area (Å²) in [6.07, 6.45) is 0. The van der Waals surface area contributed by atoms with Gasteiger partial charge in [-0.15, -0.1) is 0 Å². The van der Waals surface area contributed by atoms with E-state index in [2.05, 4.69) is 31.8 Å². The van der Waals surface area contributed by atoms with E-state index in [0.717, 1.165) is 32.7 Å². The number of thiophene rings is 1. The summed E-state index contributed by atoms with van der Waals surface area (Å²) < 4.78 is 0. The molecule has 0 aliphatic carbocycles. The molecular weight excluding hydrogens is 248 g/mol. The van der Waals surface area contributed by atoms with Crippen LogP contribution in [0.15, 0.2) is 22.0 Å². The third-order valence-electron chi connectivity index (χ3n) is 3.48. The number of amidine groups is 1. The van der Waals surface area contributed by atoms with Crippen molar-refractivity contribution in [1.82, 2.24) is 9.80 Å². The Bertz CT molecular complexity index is 385. The summed E-state index contributed by atoms with van der Waals surface area (Å²) in [6.45, 7) is 6.97. The van der Waals surface area contributed by atoms with Gasteiger partial charge in [0.05, 0.1) is 6.04 Å². The van der Waals surface area contributed by atoms with E-state index in [-0.39, 0.29) is 6.04 Å². The van der Waals surface area contributed by atoms with Crippen molar-refractivity contribution in [3.05, 3.63) is 22.4 Å². The van der Waals surface area contributed by atoms with Crippen molar-refractivity contribution in [2.45, 2.75) is 19.5 Å².